The second kappa shape index (κ2) is 7.12. The van der Waals surface area contributed by atoms with E-state index in [1.54, 1.807) is 11.0 Å². The molecular weight excluding hydrogens is 331 g/mol. The second-order valence-corrected chi connectivity index (χ2v) is 5.58. The normalized spacial score (nSPS) is 10.5. The van der Waals surface area contributed by atoms with Crippen LogP contribution in [0.3, 0.4) is 0 Å². The molecule has 1 aromatic heterocycles. The molecule has 1 aromatic carbocycles. The number of hydrogen-bond acceptors (Lipinski definition) is 2. The van der Waals surface area contributed by atoms with Gasteiger partial charge in [0.25, 0.3) is 5.91 Å². The number of nitrogens with zero attached hydrogens (tertiary/aromatic N) is 2. The average Bonchev–Trinajstić information content (AvgIpc) is 2.48. The van der Waals surface area contributed by atoms with E-state index in [9.17, 15) is 4.79 Å². The zero-order chi connectivity index (χ0) is 15.4. The van der Waals surface area contributed by atoms with Crippen LogP contribution in [0, 0.1) is 0 Å². The van der Waals surface area contributed by atoms with Crippen molar-refractivity contribution in [1.82, 2.24) is 9.88 Å². The zero-order valence-electron chi connectivity index (χ0n) is 11.3. The van der Waals surface area contributed by atoms with Crippen molar-refractivity contribution in [3.63, 3.8) is 0 Å². The lowest BCUT2D eigenvalue weighted by Crippen LogP contribution is -2.30. The first kappa shape index (κ1) is 16.1. The summed E-state index contributed by atoms with van der Waals surface area (Å²) < 4.78 is 0. The molecule has 21 heavy (non-hydrogen) atoms. The molecule has 110 valence electrons. The van der Waals surface area contributed by atoms with Crippen molar-refractivity contribution in [3.8, 4) is 0 Å². The smallest absolute Gasteiger partial charge is 0.255 e. The summed E-state index contributed by atoms with van der Waals surface area (Å²) in [5, 5.41) is 1.08. The number of aromatic nitrogens is 1. The van der Waals surface area contributed by atoms with Crippen molar-refractivity contribution in [1.29, 1.82) is 0 Å². The van der Waals surface area contributed by atoms with Crippen LogP contribution in [0.4, 0.5) is 0 Å². The van der Waals surface area contributed by atoms with E-state index in [-0.39, 0.29) is 16.1 Å². The fraction of sp³-hybridized carbons (Fsp3) is 0.200. The van der Waals surface area contributed by atoms with Crippen LogP contribution >= 0.6 is 34.8 Å². The SMILES string of the molecule is CCN(Cc1ccccc1Cl)C(=O)c1cnc(Cl)c(Cl)c1. The number of halogens is 3. The number of amides is 1. The number of carbonyl (C=O) groups is 1. The standard InChI is InChI=1S/C15H13Cl3N2O/c1-2-20(9-10-5-3-4-6-12(10)16)15(21)11-7-13(17)14(18)19-8-11/h3-8H,2,9H2,1H3. The Kier molecular flexibility index (Phi) is 5.45. The van der Waals surface area contributed by atoms with Crippen LogP contribution in [0.2, 0.25) is 15.2 Å². The third-order valence-electron chi connectivity index (χ3n) is 3.03. The Morgan fingerprint density at radius 2 is 1.90 bits per heavy atom. The maximum Gasteiger partial charge on any atom is 0.255 e. The van der Waals surface area contributed by atoms with Crippen molar-refractivity contribution in [2.75, 3.05) is 6.54 Å². The summed E-state index contributed by atoms with van der Waals surface area (Å²) in [5.74, 6) is -0.163. The molecular formula is C15H13Cl3N2O. The molecule has 0 atom stereocenters. The Hall–Kier alpha value is -1.29. The van der Waals surface area contributed by atoms with E-state index < -0.39 is 0 Å². The highest BCUT2D eigenvalue weighted by atomic mass is 35.5. The maximum atomic E-state index is 12.5. The zero-order valence-corrected chi connectivity index (χ0v) is 13.6. The molecule has 0 bridgehead atoms. The second-order valence-electron chi connectivity index (χ2n) is 4.41. The molecule has 0 aliphatic heterocycles. The van der Waals surface area contributed by atoms with E-state index in [2.05, 4.69) is 4.98 Å². The molecule has 0 spiro atoms. The number of hydrogen-bond donors (Lipinski definition) is 0. The maximum absolute atomic E-state index is 12.5. The Morgan fingerprint density at radius 1 is 1.19 bits per heavy atom. The predicted octanol–water partition coefficient (Wildman–Crippen LogP) is 4.70. The van der Waals surface area contributed by atoms with Gasteiger partial charge >= 0.3 is 0 Å². The molecule has 0 aliphatic carbocycles. The van der Waals surface area contributed by atoms with E-state index in [4.69, 9.17) is 34.8 Å². The Balaban J connectivity index is 2.22. The average molecular weight is 344 g/mol. The molecule has 0 saturated heterocycles. The fourth-order valence-electron chi connectivity index (χ4n) is 1.88. The van der Waals surface area contributed by atoms with E-state index >= 15 is 0 Å². The highest BCUT2D eigenvalue weighted by Gasteiger charge is 2.17. The van der Waals surface area contributed by atoms with Crippen molar-refractivity contribution < 1.29 is 4.79 Å². The van der Waals surface area contributed by atoms with Gasteiger partial charge in [0.1, 0.15) is 5.15 Å². The van der Waals surface area contributed by atoms with Gasteiger partial charge in [0, 0.05) is 24.3 Å². The van der Waals surface area contributed by atoms with Gasteiger partial charge in [-0.25, -0.2) is 4.98 Å². The van der Waals surface area contributed by atoms with Crippen LogP contribution in [-0.4, -0.2) is 22.3 Å². The van der Waals surface area contributed by atoms with Crippen LogP contribution in [0.5, 0.6) is 0 Å². The first-order valence-corrected chi connectivity index (χ1v) is 7.50. The molecule has 3 nitrogen and oxygen atoms in total. The van der Waals surface area contributed by atoms with Gasteiger partial charge in [0.05, 0.1) is 10.6 Å². The number of carbonyl (C=O) groups excluding carboxylic acids is 1. The summed E-state index contributed by atoms with van der Waals surface area (Å²) in [4.78, 5) is 18.1. The minimum Gasteiger partial charge on any atom is -0.334 e. The van der Waals surface area contributed by atoms with Gasteiger partial charge < -0.3 is 4.90 Å². The lowest BCUT2D eigenvalue weighted by molar-refractivity contribution is 0.0752. The summed E-state index contributed by atoms with van der Waals surface area (Å²) in [6.45, 7) is 2.87. The fourth-order valence-corrected chi connectivity index (χ4v) is 2.35. The van der Waals surface area contributed by atoms with Crippen molar-refractivity contribution in [3.05, 3.63) is 62.9 Å². The summed E-state index contributed by atoms with van der Waals surface area (Å²) >= 11 is 17.8. The van der Waals surface area contributed by atoms with Gasteiger partial charge in [-0.15, -0.1) is 0 Å². The summed E-state index contributed by atoms with van der Waals surface area (Å²) in [5.41, 5.74) is 1.29. The van der Waals surface area contributed by atoms with Crippen molar-refractivity contribution >= 4 is 40.7 Å². The van der Waals surface area contributed by atoms with E-state index in [1.165, 1.54) is 12.3 Å². The summed E-state index contributed by atoms with van der Waals surface area (Å²) in [6, 6.07) is 8.96. The molecule has 6 heteroatoms. The quantitative estimate of drug-likeness (QED) is 0.754. The molecule has 0 unspecified atom stereocenters. The molecule has 0 N–H and O–H groups in total. The Morgan fingerprint density at radius 3 is 2.52 bits per heavy atom. The molecule has 2 rings (SSSR count). The number of rotatable bonds is 4. The number of benzene rings is 1. The van der Waals surface area contributed by atoms with Gasteiger partial charge in [-0.05, 0) is 24.6 Å². The lowest BCUT2D eigenvalue weighted by Gasteiger charge is -2.21. The number of pyridine rings is 1. The largest absolute Gasteiger partial charge is 0.334 e. The van der Waals surface area contributed by atoms with Gasteiger partial charge in [-0.3, -0.25) is 4.79 Å². The van der Waals surface area contributed by atoms with Gasteiger partial charge in [-0.2, -0.15) is 0 Å². The highest BCUT2D eigenvalue weighted by molar-refractivity contribution is 6.41. The van der Waals surface area contributed by atoms with E-state index in [1.807, 2.05) is 25.1 Å². The van der Waals surface area contributed by atoms with Crippen LogP contribution in [0.15, 0.2) is 36.5 Å². The third kappa shape index (κ3) is 3.88. The lowest BCUT2D eigenvalue weighted by atomic mass is 10.2. The van der Waals surface area contributed by atoms with E-state index in [0.717, 1.165) is 5.56 Å². The van der Waals surface area contributed by atoms with Crippen LogP contribution in [0.25, 0.3) is 0 Å². The minimum absolute atomic E-state index is 0.163. The van der Waals surface area contributed by atoms with E-state index in [0.29, 0.717) is 23.7 Å². The topological polar surface area (TPSA) is 33.2 Å². The predicted molar refractivity (Wildman–Crippen MR) is 86.1 cm³/mol. The molecule has 0 fully saturated rings. The Bertz CT molecular complexity index is 661. The molecule has 1 amide bonds. The molecule has 1 heterocycles. The van der Waals surface area contributed by atoms with Crippen LogP contribution < -0.4 is 0 Å². The summed E-state index contributed by atoms with van der Waals surface area (Å²) in [7, 11) is 0. The molecule has 0 radical (unpaired) electrons. The molecule has 0 aliphatic rings. The van der Waals surface area contributed by atoms with Crippen LogP contribution in [0.1, 0.15) is 22.8 Å². The molecule has 0 saturated carbocycles. The Labute approximate surface area is 138 Å². The first-order chi connectivity index (χ1) is 10.0. The van der Waals surface area contributed by atoms with Crippen LogP contribution in [-0.2, 0) is 6.54 Å². The van der Waals surface area contributed by atoms with Gasteiger partial charge in [-0.1, -0.05) is 53.0 Å². The molecule has 2 aromatic rings. The third-order valence-corrected chi connectivity index (χ3v) is 4.09. The van der Waals surface area contributed by atoms with Gasteiger partial charge in [0.15, 0.2) is 0 Å². The van der Waals surface area contributed by atoms with Gasteiger partial charge in [0.2, 0.25) is 0 Å². The highest BCUT2D eigenvalue weighted by Crippen LogP contribution is 2.22. The first-order valence-electron chi connectivity index (χ1n) is 6.36. The van der Waals surface area contributed by atoms with Crippen molar-refractivity contribution in [2.45, 2.75) is 13.5 Å². The monoisotopic (exact) mass is 342 g/mol. The van der Waals surface area contributed by atoms with Crippen molar-refractivity contribution in [2.24, 2.45) is 0 Å². The summed E-state index contributed by atoms with van der Waals surface area (Å²) in [6.07, 6.45) is 1.42. The minimum atomic E-state index is -0.163.